The molecule has 1 heterocycles. The van der Waals surface area contributed by atoms with Gasteiger partial charge in [0.1, 0.15) is 5.82 Å². The number of benzene rings is 1. The van der Waals surface area contributed by atoms with Crippen molar-refractivity contribution in [1.29, 1.82) is 0 Å². The molecule has 0 atom stereocenters. The van der Waals surface area contributed by atoms with Crippen molar-refractivity contribution in [2.24, 2.45) is 0 Å². The van der Waals surface area contributed by atoms with Crippen LogP contribution in [0.1, 0.15) is 36.6 Å². The molecule has 0 amide bonds. The van der Waals surface area contributed by atoms with Crippen LogP contribution < -0.4 is 5.32 Å². The van der Waals surface area contributed by atoms with Gasteiger partial charge in [-0.1, -0.05) is 31.0 Å². The van der Waals surface area contributed by atoms with Gasteiger partial charge in [-0.25, -0.2) is 9.97 Å². The van der Waals surface area contributed by atoms with Crippen LogP contribution in [-0.2, 0) is 0 Å². The van der Waals surface area contributed by atoms with Crippen molar-refractivity contribution in [3.63, 3.8) is 0 Å². The van der Waals surface area contributed by atoms with Crippen LogP contribution in [0.4, 0.5) is 5.82 Å². The van der Waals surface area contributed by atoms with Crippen molar-refractivity contribution in [2.75, 3.05) is 12.4 Å². The Morgan fingerprint density at radius 2 is 1.58 bits per heavy atom. The number of nitrogens with one attached hydrogen (secondary N) is 1. The van der Waals surface area contributed by atoms with Crippen molar-refractivity contribution in [2.45, 2.75) is 33.6 Å². The fraction of sp³-hybridized carbons (Fsp3) is 0.375. The molecular weight excluding hydrogens is 234 g/mol. The minimum Gasteiger partial charge on any atom is -0.373 e. The van der Waals surface area contributed by atoms with Crippen molar-refractivity contribution < 1.29 is 0 Å². The van der Waals surface area contributed by atoms with Gasteiger partial charge in [0.05, 0.1) is 0 Å². The van der Waals surface area contributed by atoms with Gasteiger partial charge in [-0.3, -0.25) is 0 Å². The van der Waals surface area contributed by atoms with Crippen LogP contribution in [0.15, 0.2) is 24.3 Å². The molecule has 0 aliphatic carbocycles. The monoisotopic (exact) mass is 255 g/mol. The lowest BCUT2D eigenvalue weighted by molar-refractivity contribution is 0.817. The summed E-state index contributed by atoms with van der Waals surface area (Å²) in [7, 11) is 1.89. The van der Waals surface area contributed by atoms with E-state index < -0.39 is 0 Å². The predicted octanol–water partition coefficient (Wildman–Crippen LogP) is 3.93. The number of rotatable bonds is 3. The Hall–Kier alpha value is -1.90. The van der Waals surface area contributed by atoms with E-state index in [0.717, 1.165) is 22.9 Å². The maximum absolute atomic E-state index is 4.68. The van der Waals surface area contributed by atoms with Crippen LogP contribution in [0.2, 0.25) is 0 Å². The molecule has 2 aromatic rings. The summed E-state index contributed by atoms with van der Waals surface area (Å²) in [6.07, 6.45) is 0. The van der Waals surface area contributed by atoms with Gasteiger partial charge < -0.3 is 5.32 Å². The lowest BCUT2D eigenvalue weighted by atomic mass is 10.1. The van der Waals surface area contributed by atoms with E-state index in [2.05, 4.69) is 61.2 Å². The second kappa shape index (κ2) is 5.39. The highest BCUT2D eigenvalue weighted by Crippen LogP contribution is 2.23. The number of hydrogen-bond acceptors (Lipinski definition) is 3. The van der Waals surface area contributed by atoms with E-state index in [1.807, 2.05) is 13.1 Å². The molecule has 0 aliphatic heterocycles. The zero-order chi connectivity index (χ0) is 14.0. The average Bonchev–Trinajstić information content (AvgIpc) is 2.37. The van der Waals surface area contributed by atoms with Gasteiger partial charge in [-0.15, -0.1) is 0 Å². The zero-order valence-electron chi connectivity index (χ0n) is 12.3. The van der Waals surface area contributed by atoms with Gasteiger partial charge in [0.25, 0.3) is 0 Å². The SMILES string of the molecule is CNc1cc(C(C)C)nc(-c2cc(C)cc(C)c2)n1. The summed E-state index contributed by atoms with van der Waals surface area (Å²) in [5.41, 5.74) is 4.61. The van der Waals surface area contributed by atoms with E-state index in [4.69, 9.17) is 0 Å². The molecule has 0 bridgehead atoms. The molecule has 1 aromatic heterocycles. The fourth-order valence-corrected chi connectivity index (χ4v) is 2.12. The first kappa shape index (κ1) is 13.5. The predicted molar refractivity (Wildman–Crippen MR) is 80.6 cm³/mol. The molecule has 0 saturated heterocycles. The second-order valence-electron chi connectivity index (χ2n) is 5.28. The molecule has 0 aliphatic rings. The van der Waals surface area contributed by atoms with Gasteiger partial charge in [0.15, 0.2) is 5.82 Å². The van der Waals surface area contributed by atoms with Crippen molar-refractivity contribution in [3.05, 3.63) is 41.1 Å². The Morgan fingerprint density at radius 3 is 2.11 bits per heavy atom. The Kier molecular flexibility index (Phi) is 3.84. The van der Waals surface area contributed by atoms with Crippen molar-refractivity contribution in [1.82, 2.24) is 9.97 Å². The first-order chi connectivity index (χ1) is 8.99. The molecule has 0 saturated carbocycles. The lowest BCUT2D eigenvalue weighted by Gasteiger charge is -2.11. The quantitative estimate of drug-likeness (QED) is 0.903. The van der Waals surface area contributed by atoms with E-state index in [1.54, 1.807) is 0 Å². The molecule has 3 nitrogen and oxygen atoms in total. The first-order valence-electron chi connectivity index (χ1n) is 6.65. The summed E-state index contributed by atoms with van der Waals surface area (Å²) in [4.78, 5) is 9.25. The number of hydrogen-bond donors (Lipinski definition) is 1. The van der Waals surface area contributed by atoms with Crippen molar-refractivity contribution >= 4 is 5.82 Å². The molecule has 1 N–H and O–H groups in total. The van der Waals surface area contributed by atoms with Crippen molar-refractivity contribution in [3.8, 4) is 11.4 Å². The normalized spacial score (nSPS) is 10.8. The molecule has 100 valence electrons. The second-order valence-corrected chi connectivity index (χ2v) is 5.28. The maximum atomic E-state index is 4.68. The van der Waals surface area contributed by atoms with Crippen LogP contribution in [0.3, 0.4) is 0 Å². The molecular formula is C16H21N3. The zero-order valence-corrected chi connectivity index (χ0v) is 12.3. The average molecular weight is 255 g/mol. The highest BCUT2D eigenvalue weighted by atomic mass is 15.0. The maximum Gasteiger partial charge on any atom is 0.161 e. The molecule has 2 rings (SSSR count). The summed E-state index contributed by atoms with van der Waals surface area (Å²) in [6, 6.07) is 8.43. The molecule has 19 heavy (non-hydrogen) atoms. The smallest absolute Gasteiger partial charge is 0.161 e. The molecule has 3 heteroatoms. The fourth-order valence-electron chi connectivity index (χ4n) is 2.12. The highest BCUT2D eigenvalue weighted by Gasteiger charge is 2.09. The number of nitrogens with zero attached hydrogens (tertiary/aromatic N) is 2. The van der Waals surface area contributed by atoms with Gasteiger partial charge in [-0.05, 0) is 31.9 Å². The van der Waals surface area contributed by atoms with E-state index in [-0.39, 0.29) is 0 Å². The van der Waals surface area contributed by atoms with E-state index >= 15 is 0 Å². The van der Waals surface area contributed by atoms with Crippen LogP contribution in [0.5, 0.6) is 0 Å². The van der Waals surface area contributed by atoms with E-state index in [1.165, 1.54) is 11.1 Å². The Morgan fingerprint density at radius 1 is 0.947 bits per heavy atom. The first-order valence-corrected chi connectivity index (χ1v) is 6.65. The summed E-state index contributed by atoms with van der Waals surface area (Å²) >= 11 is 0. The van der Waals surface area contributed by atoms with Crippen LogP contribution in [-0.4, -0.2) is 17.0 Å². The molecule has 0 fully saturated rings. The van der Waals surface area contributed by atoms with Crippen LogP contribution >= 0.6 is 0 Å². The van der Waals surface area contributed by atoms with Crippen LogP contribution in [0.25, 0.3) is 11.4 Å². The van der Waals surface area contributed by atoms with Gasteiger partial charge in [-0.2, -0.15) is 0 Å². The Balaban J connectivity index is 2.57. The van der Waals surface area contributed by atoms with E-state index in [0.29, 0.717) is 5.92 Å². The molecule has 0 unspecified atom stereocenters. The van der Waals surface area contributed by atoms with Gasteiger partial charge in [0, 0.05) is 24.4 Å². The Bertz CT molecular complexity index is 568. The molecule has 1 aromatic carbocycles. The van der Waals surface area contributed by atoms with Crippen LogP contribution in [0, 0.1) is 13.8 Å². The largest absolute Gasteiger partial charge is 0.373 e. The minimum absolute atomic E-state index is 0.389. The highest BCUT2D eigenvalue weighted by molar-refractivity contribution is 5.60. The Labute approximate surface area is 115 Å². The topological polar surface area (TPSA) is 37.8 Å². The summed E-state index contributed by atoms with van der Waals surface area (Å²) in [5, 5.41) is 3.11. The van der Waals surface area contributed by atoms with Gasteiger partial charge in [0.2, 0.25) is 0 Å². The third-order valence-corrected chi connectivity index (χ3v) is 3.07. The van der Waals surface area contributed by atoms with E-state index in [9.17, 15) is 0 Å². The minimum atomic E-state index is 0.389. The number of aryl methyl sites for hydroxylation is 2. The molecule has 0 radical (unpaired) electrons. The number of anilines is 1. The third-order valence-electron chi connectivity index (χ3n) is 3.07. The third kappa shape index (κ3) is 3.11. The summed E-state index contributed by atoms with van der Waals surface area (Å²) in [5.74, 6) is 2.05. The molecule has 0 spiro atoms. The lowest BCUT2D eigenvalue weighted by Crippen LogP contribution is -2.02. The standard InChI is InChI=1S/C16H21N3/c1-10(2)14-9-15(17-5)19-16(18-14)13-7-11(3)6-12(4)8-13/h6-10H,1-5H3,(H,17,18,19). The summed E-state index contributed by atoms with van der Waals surface area (Å²) in [6.45, 7) is 8.49. The summed E-state index contributed by atoms with van der Waals surface area (Å²) < 4.78 is 0. The van der Waals surface area contributed by atoms with Gasteiger partial charge >= 0.3 is 0 Å². The number of aromatic nitrogens is 2.